The van der Waals surface area contributed by atoms with Crippen LogP contribution in [0.25, 0.3) is 0 Å². The topological polar surface area (TPSA) is 81.7 Å². The van der Waals surface area contributed by atoms with Gasteiger partial charge < -0.3 is 14.8 Å². The van der Waals surface area contributed by atoms with Crippen LogP contribution in [0, 0.1) is 5.92 Å². The lowest BCUT2D eigenvalue weighted by Crippen LogP contribution is -2.33. The van der Waals surface area contributed by atoms with Gasteiger partial charge in [0, 0.05) is 17.4 Å². The predicted molar refractivity (Wildman–Crippen MR) is 111 cm³/mol. The highest BCUT2D eigenvalue weighted by Crippen LogP contribution is 2.37. The lowest BCUT2D eigenvalue weighted by Gasteiger charge is -2.24. The number of ether oxygens (including phenoxy) is 2. The highest BCUT2D eigenvalue weighted by atomic mass is 32.2. The molecule has 0 saturated heterocycles. The Hall–Kier alpha value is -2.06. The molecule has 1 aromatic carbocycles. The largest absolute Gasteiger partial charge is 0.486 e. The fraction of sp³-hybridized carbons (Fsp3) is 0.476. The Morgan fingerprint density at radius 2 is 1.90 bits per heavy atom. The molecule has 1 aliphatic heterocycles. The van der Waals surface area contributed by atoms with Crippen molar-refractivity contribution in [1.82, 2.24) is 5.32 Å². The van der Waals surface area contributed by atoms with Gasteiger partial charge in [-0.15, -0.1) is 11.3 Å². The van der Waals surface area contributed by atoms with Gasteiger partial charge in [0.25, 0.3) is 0 Å². The molecule has 1 amide bonds. The van der Waals surface area contributed by atoms with E-state index in [1.165, 1.54) is 25.0 Å². The van der Waals surface area contributed by atoms with Crippen LogP contribution < -0.4 is 14.8 Å². The predicted octanol–water partition coefficient (Wildman–Crippen LogP) is 3.73. The Morgan fingerprint density at radius 3 is 2.62 bits per heavy atom. The Labute approximate surface area is 175 Å². The van der Waals surface area contributed by atoms with Crippen LogP contribution in [0.5, 0.6) is 11.5 Å². The van der Waals surface area contributed by atoms with Gasteiger partial charge in [-0.1, -0.05) is 18.9 Å². The first-order chi connectivity index (χ1) is 14.0. The van der Waals surface area contributed by atoms with Crippen molar-refractivity contribution in [1.29, 1.82) is 0 Å². The lowest BCUT2D eigenvalue weighted by molar-refractivity contribution is -0.121. The van der Waals surface area contributed by atoms with E-state index in [1.807, 2.05) is 17.5 Å². The van der Waals surface area contributed by atoms with Gasteiger partial charge in [-0.05, 0) is 42.3 Å². The molecule has 156 valence electrons. The third-order valence-electron chi connectivity index (χ3n) is 5.51. The molecule has 0 spiro atoms. The summed E-state index contributed by atoms with van der Waals surface area (Å²) in [6, 6.07) is 8.60. The summed E-state index contributed by atoms with van der Waals surface area (Å²) >= 11 is 1.63. The van der Waals surface area contributed by atoms with E-state index >= 15 is 0 Å². The molecule has 4 rings (SSSR count). The molecule has 29 heavy (non-hydrogen) atoms. The van der Waals surface area contributed by atoms with E-state index in [0.29, 0.717) is 30.6 Å². The van der Waals surface area contributed by atoms with E-state index in [4.69, 9.17) is 9.47 Å². The maximum atomic E-state index is 12.7. The number of nitrogens with one attached hydrogen (secondary N) is 1. The zero-order valence-corrected chi connectivity index (χ0v) is 17.8. The summed E-state index contributed by atoms with van der Waals surface area (Å²) in [6.07, 6.45) is 4.49. The molecule has 1 aliphatic carbocycles. The molecule has 0 bridgehead atoms. The zero-order chi connectivity index (χ0) is 20.3. The SMILES string of the molecule is O=C(CCS(=O)(=O)c1ccc2c(c1)OCCO2)N[C@@H](c1cccs1)C1CCCC1. The molecule has 0 unspecified atom stereocenters. The van der Waals surface area contributed by atoms with Crippen molar-refractivity contribution < 1.29 is 22.7 Å². The van der Waals surface area contributed by atoms with Crippen LogP contribution in [0.1, 0.15) is 43.0 Å². The highest BCUT2D eigenvalue weighted by molar-refractivity contribution is 7.91. The Bertz CT molecular complexity index is 949. The van der Waals surface area contributed by atoms with Crippen LogP contribution in [-0.2, 0) is 14.6 Å². The van der Waals surface area contributed by atoms with Crippen molar-refractivity contribution in [2.45, 2.75) is 43.0 Å². The molecule has 1 atom stereocenters. The summed E-state index contributed by atoms with van der Waals surface area (Å²) < 4.78 is 36.3. The second kappa shape index (κ2) is 8.75. The fourth-order valence-electron chi connectivity index (χ4n) is 3.99. The van der Waals surface area contributed by atoms with Gasteiger partial charge in [0.15, 0.2) is 21.3 Å². The lowest BCUT2D eigenvalue weighted by atomic mass is 9.96. The molecule has 1 aromatic heterocycles. The number of hydrogen-bond acceptors (Lipinski definition) is 6. The monoisotopic (exact) mass is 435 g/mol. The average Bonchev–Trinajstić information content (AvgIpc) is 3.44. The van der Waals surface area contributed by atoms with Crippen molar-refractivity contribution in [3.8, 4) is 11.5 Å². The van der Waals surface area contributed by atoms with Gasteiger partial charge in [-0.25, -0.2) is 8.42 Å². The van der Waals surface area contributed by atoms with E-state index < -0.39 is 9.84 Å². The summed E-state index contributed by atoms with van der Waals surface area (Å²) in [5.41, 5.74) is 0. The average molecular weight is 436 g/mol. The quantitative estimate of drug-likeness (QED) is 0.717. The second-order valence-electron chi connectivity index (χ2n) is 7.48. The summed E-state index contributed by atoms with van der Waals surface area (Å²) in [4.78, 5) is 13.9. The summed E-state index contributed by atoms with van der Waals surface area (Å²) in [5.74, 6) is 0.938. The molecule has 1 saturated carbocycles. The fourth-order valence-corrected chi connectivity index (χ4v) is 6.11. The maximum absolute atomic E-state index is 12.7. The van der Waals surface area contributed by atoms with E-state index in [2.05, 4.69) is 5.32 Å². The number of carbonyl (C=O) groups is 1. The zero-order valence-electron chi connectivity index (χ0n) is 16.1. The molecule has 0 radical (unpaired) electrons. The molecule has 6 nitrogen and oxygen atoms in total. The van der Waals surface area contributed by atoms with Gasteiger partial charge in [0.05, 0.1) is 16.7 Å². The van der Waals surface area contributed by atoms with E-state index in [9.17, 15) is 13.2 Å². The number of sulfone groups is 1. The highest BCUT2D eigenvalue weighted by Gasteiger charge is 2.29. The Morgan fingerprint density at radius 1 is 1.14 bits per heavy atom. The van der Waals surface area contributed by atoms with Gasteiger partial charge in [0.1, 0.15) is 13.2 Å². The first-order valence-electron chi connectivity index (χ1n) is 9.98. The summed E-state index contributed by atoms with van der Waals surface area (Å²) in [7, 11) is -3.59. The molecule has 2 aromatic rings. The van der Waals surface area contributed by atoms with E-state index in [-0.39, 0.29) is 29.0 Å². The van der Waals surface area contributed by atoms with Gasteiger partial charge in [-0.2, -0.15) is 0 Å². The van der Waals surface area contributed by atoms with Gasteiger partial charge in [-0.3, -0.25) is 4.79 Å². The number of thiophene rings is 1. The van der Waals surface area contributed by atoms with Gasteiger partial charge in [0.2, 0.25) is 5.91 Å². The minimum absolute atomic E-state index is 0.0259. The molecule has 2 aliphatic rings. The first kappa shape index (κ1) is 20.2. The van der Waals surface area contributed by atoms with Gasteiger partial charge >= 0.3 is 0 Å². The number of amides is 1. The van der Waals surface area contributed by atoms with Crippen LogP contribution in [0.2, 0.25) is 0 Å². The van der Waals surface area contributed by atoms with Crippen LogP contribution in [-0.4, -0.2) is 33.3 Å². The number of carbonyl (C=O) groups excluding carboxylic acids is 1. The third kappa shape index (κ3) is 4.75. The van der Waals surface area contributed by atoms with Crippen LogP contribution in [0.4, 0.5) is 0 Å². The van der Waals surface area contributed by atoms with Crippen LogP contribution in [0.3, 0.4) is 0 Å². The molecular weight excluding hydrogens is 410 g/mol. The minimum Gasteiger partial charge on any atom is -0.486 e. The van der Waals surface area contributed by atoms with Crippen molar-refractivity contribution >= 4 is 27.1 Å². The van der Waals surface area contributed by atoms with Crippen molar-refractivity contribution in [3.63, 3.8) is 0 Å². The molecule has 8 heteroatoms. The molecular formula is C21H25NO5S2. The number of rotatable bonds is 7. The molecule has 1 N–H and O–H groups in total. The smallest absolute Gasteiger partial charge is 0.221 e. The number of fused-ring (bicyclic) bond motifs is 1. The minimum atomic E-state index is -3.59. The van der Waals surface area contributed by atoms with E-state index in [0.717, 1.165) is 17.7 Å². The van der Waals surface area contributed by atoms with Crippen LogP contribution in [0.15, 0.2) is 40.6 Å². The number of benzene rings is 1. The third-order valence-corrected chi connectivity index (χ3v) is 8.18. The first-order valence-corrected chi connectivity index (χ1v) is 12.5. The van der Waals surface area contributed by atoms with Crippen molar-refractivity contribution in [2.24, 2.45) is 5.92 Å². The summed E-state index contributed by atoms with van der Waals surface area (Å²) in [6.45, 7) is 0.843. The Kier molecular flexibility index (Phi) is 6.10. The molecule has 2 heterocycles. The second-order valence-corrected chi connectivity index (χ2v) is 10.6. The molecule has 1 fully saturated rings. The van der Waals surface area contributed by atoms with E-state index in [1.54, 1.807) is 17.4 Å². The summed E-state index contributed by atoms with van der Waals surface area (Å²) in [5, 5.41) is 5.11. The number of hydrogen-bond donors (Lipinski definition) is 1. The Balaban J connectivity index is 1.40. The standard InChI is InChI=1S/C21H25NO5S2/c23-20(22-21(15-4-1-2-5-15)19-6-3-12-28-19)9-13-29(24,25)16-7-8-17-18(14-16)27-11-10-26-17/h3,6-8,12,14-15,21H,1-2,4-5,9-11,13H2,(H,22,23)/t21-/m1/s1. The normalized spacial score (nSPS) is 17.8. The van der Waals surface area contributed by atoms with Crippen LogP contribution >= 0.6 is 11.3 Å². The maximum Gasteiger partial charge on any atom is 0.221 e. The van der Waals surface area contributed by atoms with Crippen molar-refractivity contribution in [3.05, 3.63) is 40.6 Å². The van der Waals surface area contributed by atoms with Crippen molar-refractivity contribution in [2.75, 3.05) is 19.0 Å².